The van der Waals surface area contributed by atoms with Crippen LogP contribution in [-0.4, -0.2) is 63.8 Å². The maximum absolute atomic E-state index is 12.4. The lowest BCUT2D eigenvalue weighted by Gasteiger charge is -2.22. The van der Waals surface area contributed by atoms with E-state index in [9.17, 15) is 24.3 Å². The van der Waals surface area contributed by atoms with E-state index in [1.807, 2.05) is 0 Å². The van der Waals surface area contributed by atoms with Crippen LogP contribution in [0.15, 0.2) is 30.3 Å². The molecular weight excluding hydrogens is 358 g/mol. The number of carboxylic acid groups (broad SMARTS) is 2. The number of hydrogen-bond donors (Lipinski definition) is 6. The number of carboxylic acids is 2. The fourth-order valence-corrected chi connectivity index (χ4v) is 2.22. The lowest BCUT2D eigenvalue weighted by atomic mass is 10.0. The third-order valence-corrected chi connectivity index (χ3v) is 3.71. The molecule has 0 radical (unpaired) electrons. The predicted molar refractivity (Wildman–Crippen MR) is 93.6 cm³/mol. The van der Waals surface area contributed by atoms with Gasteiger partial charge in [-0.25, -0.2) is 4.79 Å². The van der Waals surface area contributed by atoms with Crippen molar-refractivity contribution in [3.63, 3.8) is 0 Å². The molecule has 1 rings (SSSR count). The largest absolute Gasteiger partial charge is 0.481 e. The molecule has 10 heteroatoms. The zero-order valence-corrected chi connectivity index (χ0v) is 14.5. The van der Waals surface area contributed by atoms with Gasteiger partial charge in [0.2, 0.25) is 11.8 Å². The monoisotopic (exact) mass is 381 g/mol. The van der Waals surface area contributed by atoms with Crippen molar-refractivity contribution >= 4 is 23.8 Å². The zero-order valence-electron chi connectivity index (χ0n) is 14.5. The molecule has 3 atom stereocenters. The SMILES string of the molecule is N[C@@H](CO)C(=O)N[C@@H](CCC(=O)O)C(=O)N[C@@H](Cc1ccccc1)C(=O)O. The average molecular weight is 381 g/mol. The minimum absolute atomic E-state index is 0.0116. The first-order valence-electron chi connectivity index (χ1n) is 8.20. The van der Waals surface area contributed by atoms with E-state index in [0.717, 1.165) is 0 Å². The minimum Gasteiger partial charge on any atom is -0.481 e. The van der Waals surface area contributed by atoms with Crippen LogP contribution in [0.1, 0.15) is 18.4 Å². The number of benzene rings is 1. The van der Waals surface area contributed by atoms with E-state index in [0.29, 0.717) is 5.56 Å². The second-order valence-electron chi connectivity index (χ2n) is 5.87. The quantitative estimate of drug-likeness (QED) is 0.267. The predicted octanol–water partition coefficient (Wildman–Crippen LogP) is -1.53. The summed E-state index contributed by atoms with van der Waals surface area (Å²) in [5.41, 5.74) is 6.05. The van der Waals surface area contributed by atoms with Crippen LogP contribution in [0.25, 0.3) is 0 Å². The summed E-state index contributed by atoms with van der Waals surface area (Å²) in [7, 11) is 0. The van der Waals surface area contributed by atoms with Gasteiger partial charge < -0.3 is 31.7 Å². The highest BCUT2D eigenvalue weighted by Gasteiger charge is 2.28. The molecule has 0 aliphatic rings. The Kier molecular flexibility index (Phi) is 8.90. The molecule has 0 heterocycles. The molecule has 0 aliphatic heterocycles. The second-order valence-corrected chi connectivity index (χ2v) is 5.87. The van der Waals surface area contributed by atoms with Gasteiger partial charge in [0.05, 0.1) is 6.61 Å². The lowest BCUT2D eigenvalue weighted by molar-refractivity contribution is -0.143. The van der Waals surface area contributed by atoms with Crippen molar-refractivity contribution in [1.82, 2.24) is 10.6 Å². The van der Waals surface area contributed by atoms with Crippen LogP contribution in [0, 0.1) is 0 Å². The van der Waals surface area contributed by atoms with Gasteiger partial charge in [-0.2, -0.15) is 0 Å². The van der Waals surface area contributed by atoms with Crippen molar-refractivity contribution in [3.05, 3.63) is 35.9 Å². The summed E-state index contributed by atoms with van der Waals surface area (Å²) in [6.07, 6.45) is -0.677. The zero-order chi connectivity index (χ0) is 20.4. The summed E-state index contributed by atoms with van der Waals surface area (Å²) in [5.74, 6) is -4.16. The van der Waals surface area contributed by atoms with Gasteiger partial charge in [0.1, 0.15) is 18.1 Å². The summed E-state index contributed by atoms with van der Waals surface area (Å²) in [6, 6.07) is 4.76. The number of aliphatic carboxylic acids is 2. The maximum atomic E-state index is 12.4. The number of aliphatic hydroxyl groups excluding tert-OH is 1. The first kappa shape index (κ1) is 22.1. The highest BCUT2D eigenvalue weighted by Crippen LogP contribution is 2.05. The fraction of sp³-hybridized carbons (Fsp3) is 0.412. The molecule has 0 unspecified atom stereocenters. The Bertz CT molecular complexity index is 666. The molecule has 0 aliphatic carbocycles. The number of nitrogens with one attached hydrogen (secondary N) is 2. The molecule has 0 saturated heterocycles. The molecule has 0 fully saturated rings. The van der Waals surface area contributed by atoms with Gasteiger partial charge in [0.25, 0.3) is 0 Å². The van der Waals surface area contributed by atoms with Gasteiger partial charge in [-0.05, 0) is 12.0 Å². The average Bonchev–Trinajstić information content (AvgIpc) is 2.64. The summed E-state index contributed by atoms with van der Waals surface area (Å²) in [4.78, 5) is 46.5. The summed E-state index contributed by atoms with van der Waals surface area (Å²) in [5, 5.41) is 31.6. The van der Waals surface area contributed by atoms with Gasteiger partial charge in [0, 0.05) is 12.8 Å². The van der Waals surface area contributed by atoms with Crippen molar-refractivity contribution in [2.75, 3.05) is 6.61 Å². The van der Waals surface area contributed by atoms with Gasteiger partial charge in [-0.3, -0.25) is 14.4 Å². The Morgan fingerprint density at radius 3 is 2.07 bits per heavy atom. The highest BCUT2D eigenvalue weighted by atomic mass is 16.4. The van der Waals surface area contributed by atoms with Crippen LogP contribution in [0.4, 0.5) is 0 Å². The molecule has 7 N–H and O–H groups in total. The molecule has 0 aromatic heterocycles. The fourth-order valence-electron chi connectivity index (χ4n) is 2.22. The number of nitrogens with two attached hydrogens (primary N) is 1. The molecular formula is C17H23N3O7. The normalized spacial score (nSPS) is 13.9. The van der Waals surface area contributed by atoms with Crippen LogP contribution in [0.2, 0.25) is 0 Å². The van der Waals surface area contributed by atoms with Crippen molar-refractivity contribution < 1.29 is 34.5 Å². The maximum Gasteiger partial charge on any atom is 0.326 e. The summed E-state index contributed by atoms with van der Waals surface area (Å²) < 4.78 is 0. The van der Waals surface area contributed by atoms with Crippen molar-refractivity contribution in [2.24, 2.45) is 5.73 Å². The molecule has 0 spiro atoms. The summed E-state index contributed by atoms with van der Waals surface area (Å²) in [6.45, 7) is -0.662. The first-order chi connectivity index (χ1) is 12.7. The standard InChI is InChI=1S/C17H23N3O7/c18-11(9-21)15(24)19-12(6-7-14(22)23)16(25)20-13(17(26)27)8-10-4-2-1-3-5-10/h1-5,11-13,21H,6-9,18H2,(H,19,24)(H,20,25)(H,22,23)(H,26,27)/t11-,12-,13-/m0/s1. The molecule has 1 aromatic rings. The van der Waals surface area contributed by atoms with Gasteiger partial charge in [0.15, 0.2) is 0 Å². The molecule has 10 nitrogen and oxygen atoms in total. The van der Waals surface area contributed by atoms with Gasteiger partial charge in [-0.1, -0.05) is 30.3 Å². The summed E-state index contributed by atoms with van der Waals surface area (Å²) >= 11 is 0. The third-order valence-electron chi connectivity index (χ3n) is 3.71. The first-order valence-corrected chi connectivity index (χ1v) is 8.20. The molecule has 1 aromatic carbocycles. The molecule has 0 bridgehead atoms. The van der Waals surface area contributed by atoms with Crippen LogP contribution in [0.5, 0.6) is 0 Å². The number of rotatable bonds is 11. The van der Waals surface area contributed by atoms with Crippen LogP contribution in [0.3, 0.4) is 0 Å². The number of amides is 2. The molecule has 148 valence electrons. The number of hydrogen-bond acceptors (Lipinski definition) is 6. The van der Waals surface area contributed by atoms with Crippen LogP contribution < -0.4 is 16.4 Å². The van der Waals surface area contributed by atoms with Gasteiger partial charge >= 0.3 is 11.9 Å². The Hall–Kier alpha value is -2.98. The Balaban J connectivity index is 2.85. The third kappa shape index (κ3) is 7.84. The van der Waals surface area contributed by atoms with E-state index in [-0.39, 0.29) is 12.8 Å². The Labute approximate surface area is 155 Å². The number of aliphatic hydroxyl groups is 1. The Morgan fingerprint density at radius 1 is 0.963 bits per heavy atom. The number of carbonyl (C=O) groups excluding carboxylic acids is 2. The van der Waals surface area contributed by atoms with Crippen molar-refractivity contribution in [3.8, 4) is 0 Å². The van der Waals surface area contributed by atoms with E-state index in [1.54, 1.807) is 30.3 Å². The van der Waals surface area contributed by atoms with Crippen molar-refractivity contribution in [1.29, 1.82) is 0 Å². The lowest BCUT2D eigenvalue weighted by Crippen LogP contribution is -2.55. The highest BCUT2D eigenvalue weighted by molar-refractivity contribution is 5.92. The van der Waals surface area contributed by atoms with Crippen LogP contribution >= 0.6 is 0 Å². The topological polar surface area (TPSA) is 179 Å². The van der Waals surface area contributed by atoms with E-state index in [2.05, 4.69) is 10.6 Å². The van der Waals surface area contributed by atoms with Crippen LogP contribution in [-0.2, 0) is 25.6 Å². The van der Waals surface area contributed by atoms with E-state index < -0.39 is 54.9 Å². The smallest absolute Gasteiger partial charge is 0.326 e. The van der Waals surface area contributed by atoms with E-state index in [1.165, 1.54) is 0 Å². The molecule has 27 heavy (non-hydrogen) atoms. The Morgan fingerprint density at radius 2 is 1.56 bits per heavy atom. The minimum atomic E-state index is -1.30. The second kappa shape index (κ2) is 10.9. The number of carbonyl (C=O) groups is 4. The molecule has 2 amide bonds. The van der Waals surface area contributed by atoms with Gasteiger partial charge in [-0.15, -0.1) is 0 Å². The van der Waals surface area contributed by atoms with E-state index in [4.69, 9.17) is 15.9 Å². The molecule has 0 saturated carbocycles. The van der Waals surface area contributed by atoms with Crippen molar-refractivity contribution in [2.45, 2.75) is 37.4 Å². The van der Waals surface area contributed by atoms with E-state index >= 15 is 0 Å².